The average Bonchev–Trinajstić information content (AvgIpc) is 2.55. The summed E-state index contributed by atoms with van der Waals surface area (Å²) in [6, 6.07) is 5.71. The maximum absolute atomic E-state index is 11.9. The van der Waals surface area contributed by atoms with E-state index in [2.05, 4.69) is 10.1 Å². The lowest BCUT2D eigenvalue weighted by molar-refractivity contribution is -0.384. The summed E-state index contributed by atoms with van der Waals surface area (Å²) < 4.78 is 4.65. The van der Waals surface area contributed by atoms with Crippen molar-refractivity contribution in [3.05, 3.63) is 62.5 Å². The molecule has 1 aliphatic heterocycles. The standard InChI is InChI=1S/C16H16N2O6/c1-8-9(2)17-14(16(21)24-3)13(15(19)20)12(8)10-5-4-6-11(7-10)18(22)23/h4-7,12,17H,1-3H3,(H,19,20)/t12-/m1/s1. The van der Waals surface area contributed by atoms with Crippen LogP contribution in [0.3, 0.4) is 0 Å². The SMILES string of the molecule is COC(=O)C1=C(C(=O)O)[C@@H](c2cccc([N+](=O)[O-])c2)C(C)=C(C)N1. The molecule has 1 atom stereocenters. The Morgan fingerprint density at radius 1 is 1.33 bits per heavy atom. The summed E-state index contributed by atoms with van der Waals surface area (Å²) in [6.45, 7) is 3.41. The van der Waals surface area contributed by atoms with Crippen LogP contribution in [0, 0.1) is 10.1 Å². The van der Waals surface area contributed by atoms with Gasteiger partial charge in [-0.3, -0.25) is 10.1 Å². The molecule has 0 aromatic heterocycles. The minimum Gasteiger partial charge on any atom is -0.478 e. The molecule has 0 spiro atoms. The van der Waals surface area contributed by atoms with Gasteiger partial charge in [-0.25, -0.2) is 9.59 Å². The van der Waals surface area contributed by atoms with Crippen molar-refractivity contribution in [2.24, 2.45) is 0 Å². The molecule has 8 nitrogen and oxygen atoms in total. The molecule has 0 radical (unpaired) electrons. The van der Waals surface area contributed by atoms with Crippen LogP contribution in [0.25, 0.3) is 0 Å². The monoisotopic (exact) mass is 332 g/mol. The number of carbonyl (C=O) groups is 2. The Hall–Kier alpha value is -3.16. The summed E-state index contributed by atoms with van der Waals surface area (Å²) >= 11 is 0. The van der Waals surface area contributed by atoms with Crippen LogP contribution in [0.4, 0.5) is 5.69 Å². The van der Waals surface area contributed by atoms with Gasteiger partial charge in [-0.05, 0) is 25.0 Å². The zero-order valence-corrected chi connectivity index (χ0v) is 13.3. The van der Waals surface area contributed by atoms with E-state index in [1.54, 1.807) is 19.9 Å². The number of carbonyl (C=O) groups excluding carboxylic acids is 1. The first-order chi connectivity index (χ1) is 11.3. The van der Waals surface area contributed by atoms with E-state index in [-0.39, 0.29) is 17.0 Å². The molecular weight excluding hydrogens is 316 g/mol. The van der Waals surface area contributed by atoms with Crippen molar-refractivity contribution in [3.63, 3.8) is 0 Å². The number of nitrogens with one attached hydrogen (secondary N) is 1. The van der Waals surface area contributed by atoms with E-state index < -0.39 is 22.8 Å². The number of nitro groups is 1. The Kier molecular flexibility index (Phi) is 4.68. The van der Waals surface area contributed by atoms with E-state index in [1.807, 2.05) is 0 Å². The Morgan fingerprint density at radius 3 is 2.54 bits per heavy atom. The molecule has 0 amide bonds. The second-order valence-electron chi connectivity index (χ2n) is 5.30. The van der Waals surface area contributed by atoms with Crippen LogP contribution >= 0.6 is 0 Å². The number of esters is 1. The smallest absolute Gasteiger partial charge is 0.355 e. The predicted octanol–water partition coefficient (Wildman–Crippen LogP) is 2.09. The van der Waals surface area contributed by atoms with Gasteiger partial charge in [-0.15, -0.1) is 0 Å². The first kappa shape index (κ1) is 17.2. The number of allylic oxidation sites excluding steroid dienone is 2. The number of nitrogens with zero attached hydrogens (tertiary/aromatic N) is 1. The van der Waals surface area contributed by atoms with Gasteiger partial charge in [-0.1, -0.05) is 12.1 Å². The molecule has 1 aromatic rings. The summed E-state index contributed by atoms with van der Waals surface area (Å²) in [6.07, 6.45) is 0. The second-order valence-corrected chi connectivity index (χ2v) is 5.30. The molecule has 2 N–H and O–H groups in total. The Morgan fingerprint density at radius 2 is 2.00 bits per heavy atom. The molecule has 0 fully saturated rings. The molecule has 0 aliphatic carbocycles. The third-order valence-corrected chi connectivity index (χ3v) is 3.93. The van der Waals surface area contributed by atoms with Crippen LogP contribution in [0.1, 0.15) is 25.3 Å². The maximum Gasteiger partial charge on any atom is 0.355 e. The third kappa shape index (κ3) is 2.98. The topological polar surface area (TPSA) is 119 Å². The number of non-ortho nitro benzene ring substituents is 1. The lowest BCUT2D eigenvalue weighted by Gasteiger charge is -2.29. The van der Waals surface area contributed by atoms with Gasteiger partial charge in [0.2, 0.25) is 0 Å². The van der Waals surface area contributed by atoms with E-state index >= 15 is 0 Å². The van der Waals surface area contributed by atoms with E-state index in [0.29, 0.717) is 16.8 Å². The maximum atomic E-state index is 11.9. The van der Waals surface area contributed by atoms with Crippen molar-refractivity contribution in [2.45, 2.75) is 19.8 Å². The van der Waals surface area contributed by atoms with Gasteiger partial charge in [-0.2, -0.15) is 0 Å². The molecule has 24 heavy (non-hydrogen) atoms. The number of carboxylic acids is 1. The number of benzene rings is 1. The number of dihydropyridines is 1. The summed E-state index contributed by atoms with van der Waals surface area (Å²) in [5, 5.41) is 23.4. The van der Waals surface area contributed by atoms with Crippen LogP contribution in [0.15, 0.2) is 46.8 Å². The van der Waals surface area contributed by atoms with E-state index in [0.717, 1.165) is 7.11 Å². The van der Waals surface area contributed by atoms with E-state index in [1.165, 1.54) is 18.2 Å². The molecular formula is C16H16N2O6. The Labute approximate surface area is 137 Å². The van der Waals surface area contributed by atoms with Crippen molar-refractivity contribution < 1.29 is 24.4 Å². The summed E-state index contributed by atoms with van der Waals surface area (Å²) in [4.78, 5) is 34.2. The Balaban J connectivity index is 2.70. The predicted molar refractivity (Wildman–Crippen MR) is 84.0 cm³/mol. The highest BCUT2D eigenvalue weighted by Gasteiger charge is 2.35. The molecule has 0 unspecified atom stereocenters. The molecule has 0 saturated heterocycles. The minimum atomic E-state index is -1.30. The molecule has 1 aromatic carbocycles. The summed E-state index contributed by atoms with van der Waals surface area (Å²) in [7, 11) is 1.15. The molecule has 126 valence electrons. The summed E-state index contributed by atoms with van der Waals surface area (Å²) in [5.74, 6) is -2.90. The lowest BCUT2D eigenvalue weighted by Crippen LogP contribution is -2.32. The van der Waals surface area contributed by atoms with Crippen molar-refractivity contribution in [1.29, 1.82) is 0 Å². The molecule has 1 heterocycles. The fourth-order valence-electron chi connectivity index (χ4n) is 2.66. The van der Waals surface area contributed by atoms with Crippen LogP contribution in [-0.4, -0.2) is 29.1 Å². The van der Waals surface area contributed by atoms with Crippen molar-refractivity contribution in [1.82, 2.24) is 5.32 Å². The molecule has 1 aliphatic rings. The fourth-order valence-corrected chi connectivity index (χ4v) is 2.66. The van der Waals surface area contributed by atoms with Crippen molar-refractivity contribution in [3.8, 4) is 0 Å². The van der Waals surface area contributed by atoms with Gasteiger partial charge in [0.25, 0.3) is 5.69 Å². The van der Waals surface area contributed by atoms with Gasteiger partial charge in [0.05, 0.1) is 17.6 Å². The van der Waals surface area contributed by atoms with Crippen LogP contribution < -0.4 is 5.32 Å². The number of rotatable bonds is 4. The first-order valence-corrected chi connectivity index (χ1v) is 7.02. The number of hydrogen-bond acceptors (Lipinski definition) is 6. The van der Waals surface area contributed by atoms with E-state index in [9.17, 15) is 24.8 Å². The van der Waals surface area contributed by atoms with Crippen molar-refractivity contribution >= 4 is 17.6 Å². The van der Waals surface area contributed by atoms with Gasteiger partial charge < -0.3 is 15.2 Å². The fraction of sp³-hybridized carbons (Fsp3) is 0.250. The molecule has 0 bridgehead atoms. The Bertz CT molecular complexity index is 794. The zero-order valence-electron chi connectivity index (χ0n) is 13.3. The summed E-state index contributed by atoms with van der Waals surface area (Å²) in [5.41, 5.74) is 1.13. The quantitative estimate of drug-likeness (QED) is 0.492. The number of aliphatic carboxylic acids is 1. The highest BCUT2D eigenvalue weighted by atomic mass is 16.6. The minimum absolute atomic E-state index is 0.152. The first-order valence-electron chi connectivity index (χ1n) is 7.02. The number of methoxy groups -OCH3 is 1. The largest absolute Gasteiger partial charge is 0.478 e. The average molecular weight is 332 g/mol. The zero-order chi connectivity index (χ0) is 18.0. The number of nitro benzene ring substituents is 1. The van der Waals surface area contributed by atoms with Gasteiger partial charge in [0.1, 0.15) is 5.70 Å². The molecule has 8 heteroatoms. The van der Waals surface area contributed by atoms with E-state index in [4.69, 9.17) is 0 Å². The second kappa shape index (κ2) is 6.53. The molecule has 0 saturated carbocycles. The van der Waals surface area contributed by atoms with Gasteiger partial charge >= 0.3 is 11.9 Å². The van der Waals surface area contributed by atoms with Crippen LogP contribution in [0.5, 0.6) is 0 Å². The molecule has 2 rings (SSSR count). The number of carboxylic acid groups (broad SMARTS) is 1. The lowest BCUT2D eigenvalue weighted by atomic mass is 9.81. The highest BCUT2D eigenvalue weighted by molar-refractivity contribution is 6.01. The normalized spacial score (nSPS) is 17.4. The highest BCUT2D eigenvalue weighted by Crippen LogP contribution is 2.38. The number of ether oxygens (including phenoxy) is 1. The van der Waals surface area contributed by atoms with Gasteiger partial charge in [0, 0.05) is 23.7 Å². The third-order valence-electron chi connectivity index (χ3n) is 3.93. The van der Waals surface area contributed by atoms with Crippen LogP contribution in [0.2, 0.25) is 0 Å². The van der Waals surface area contributed by atoms with Crippen molar-refractivity contribution in [2.75, 3.05) is 7.11 Å². The number of hydrogen-bond donors (Lipinski definition) is 2. The van der Waals surface area contributed by atoms with Gasteiger partial charge in [0.15, 0.2) is 0 Å². The van der Waals surface area contributed by atoms with Crippen LogP contribution in [-0.2, 0) is 14.3 Å².